The van der Waals surface area contributed by atoms with Crippen molar-refractivity contribution in [1.82, 2.24) is 5.32 Å². The van der Waals surface area contributed by atoms with Crippen LogP contribution in [0.15, 0.2) is 77.1 Å². The predicted octanol–water partition coefficient (Wildman–Crippen LogP) is 4.30. The Morgan fingerprint density at radius 3 is 2.35 bits per heavy atom. The van der Waals surface area contributed by atoms with Crippen LogP contribution in [0.5, 0.6) is 0 Å². The van der Waals surface area contributed by atoms with E-state index in [1.54, 1.807) is 7.11 Å². The molecule has 6 nitrogen and oxygen atoms in total. The van der Waals surface area contributed by atoms with Crippen LogP contribution in [0.4, 0.5) is 5.69 Å². The number of methoxy groups -OCH3 is 1. The van der Waals surface area contributed by atoms with E-state index in [1.807, 2.05) is 68.4 Å². The van der Waals surface area contributed by atoms with Gasteiger partial charge in [-0.15, -0.1) is 0 Å². The number of ketones is 1. The van der Waals surface area contributed by atoms with E-state index in [0.29, 0.717) is 24.2 Å². The summed E-state index contributed by atoms with van der Waals surface area (Å²) in [7, 11) is 5.53. The molecule has 0 amide bonds. The molecule has 1 heterocycles. The first-order valence-corrected chi connectivity index (χ1v) is 11.6. The summed E-state index contributed by atoms with van der Waals surface area (Å²) in [6, 6.07) is 18.2. The van der Waals surface area contributed by atoms with Gasteiger partial charge in [-0.25, -0.2) is 4.79 Å². The van der Waals surface area contributed by atoms with E-state index in [9.17, 15) is 9.59 Å². The van der Waals surface area contributed by atoms with Crippen molar-refractivity contribution in [2.45, 2.75) is 31.6 Å². The molecule has 0 fully saturated rings. The van der Waals surface area contributed by atoms with E-state index in [1.165, 1.54) is 0 Å². The maximum absolute atomic E-state index is 13.6. The Balaban J connectivity index is 1.75. The fourth-order valence-electron chi connectivity index (χ4n) is 4.86. The third-order valence-corrected chi connectivity index (χ3v) is 6.58. The summed E-state index contributed by atoms with van der Waals surface area (Å²) < 4.78 is 10.5. The lowest BCUT2D eigenvalue weighted by molar-refractivity contribution is -0.140. The Hall–Kier alpha value is -3.38. The maximum atomic E-state index is 13.6. The number of dihydropyridines is 1. The smallest absolute Gasteiger partial charge is 0.336 e. The van der Waals surface area contributed by atoms with Crippen molar-refractivity contribution in [2.24, 2.45) is 0 Å². The Bertz CT molecular complexity index is 1120. The Kier molecular flexibility index (Phi) is 7.17. The largest absolute Gasteiger partial charge is 0.460 e. The monoisotopic (exact) mass is 460 g/mol. The van der Waals surface area contributed by atoms with Crippen LogP contribution in [-0.2, 0) is 19.1 Å². The van der Waals surface area contributed by atoms with Gasteiger partial charge in [-0.05, 0) is 42.5 Å². The second-order valence-corrected chi connectivity index (χ2v) is 9.04. The van der Waals surface area contributed by atoms with Crippen molar-refractivity contribution in [2.75, 3.05) is 39.3 Å². The molecule has 0 bridgehead atoms. The topological polar surface area (TPSA) is 67.9 Å². The average Bonchev–Trinajstić information content (AvgIpc) is 2.83. The number of nitrogens with zero attached hydrogens (tertiary/aromatic N) is 1. The van der Waals surface area contributed by atoms with E-state index in [2.05, 4.69) is 17.4 Å². The standard InChI is InChI=1S/C28H32N2O4/c1-18-25(28(32)34-15-14-33-4)26(20-10-12-22(13-11-20)30(2)3)27-23(29-18)16-21(17-24(27)31)19-8-6-5-7-9-19/h5-13,21,26,29H,14-17H2,1-4H3/t21-,26+/m0/s1. The lowest BCUT2D eigenvalue weighted by atomic mass is 9.71. The highest BCUT2D eigenvalue weighted by Gasteiger charge is 2.41. The molecule has 1 aliphatic heterocycles. The van der Waals surface area contributed by atoms with Crippen LogP contribution in [-0.4, -0.2) is 46.2 Å². The molecular weight excluding hydrogens is 428 g/mol. The van der Waals surface area contributed by atoms with E-state index < -0.39 is 11.9 Å². The van der Waals surface area contributed by atoms with Crippen LogP contribution in [0, 0.1) is 0 Å². The van der Waals surface area contributed by atoms with E-state index in [0.717, 1.165) is 34.6 Å². The zero-order valence-electron chi connectivity index (χ0n) is 20.3. The van der Waals surface area contributed by atoms with Gasteiger partial charge in [-0.3, -0.25) is 4.79 Å². The third-order valence-electron chi connectivity index (χ3n) is 6.58. The van der Waals surface area contributed by atoms with Crippen LogP contribution in [0.25, 0.3) is 0 Å². The molecular formula is C28H32N2O4. The van der Waals surface area contributed by atoms with Crippen LogP contribution in [0.2, 0.25) is 0 Å². The van der Waals surface area contributed by atoms with Crippen molar-refractivity contribution in [3.63, 3.8) is 0 Å². The zero-order valence-corrected chi connectivity index (χ0v) is 20.3. The van der Waals surface area contributed by atoms with E-state index in [4.69, 9.17) is 9.47 Å². The number of hydrogen-bond donors (Lipinski definition) is 1. The molecule has 34 heavy (non-hydrogen) atoms. The normalized spacial score (nSPS) is 20.1. The second-order valence-electron chi connectivity index (χ2n) is 9.04. The number of Topliss-reactive ketones (excluding diaryl/α,β-unsaturated/α-hetero) is 1. The Morgan fingerprint density at radius 2 is 1.71 bits per heavy atom. The molecule has 1 aliphatic carbocycles. The Labute approximate surface area is 201 Å². The highest BCUT2D eigenvalue weighted by atomic mass is 16.6. The molecule has 0 unspecified atom stereocenters. The fraction of sp³-hybridized carbons (Fsp3) is 0.357. The number of carbonyl (C=O) groups is 2. The summed E-state index contributed by atoms with van der Waals surface area (Å²) in [4.78, 5) is 28.8. The van der Waals surface area contributed by atoms with Gasteiger partial charge in [-0.2, -0.15) is 0 Å². The van der Waals surface area contributed by atoms with Crippen LogP contribution in [0.3, 0.4) is 0 Å². The van der Waals surface area contributed by atoms with E-state index >= 15 is 0 Å². The number of allylic oxidation sites excluding steroid dienone is 3. The van der Waals surface area contributed by atoms with Gasteiger partial charge < -0.3 is 19.7 Å². The molecule has 0 saturated carbocycles. The van der Waals surface area contributed by atoms with Crippen molar-refractivity contribution in [3.05, 3.63) is 88.3 Å². The minimum absolute atomic E-state index is 0.0685. The number of esters is 1. The average molecular weight is 461 g/mol. The number of hydrogen-bond acceptors (Lipinski definition) is 6. The molecule has 0 saturated heterocycles. The van der Waals surface area contributed by atoms with Gasteiger partial charge in [0.1, 0.15) is 6.61 Å². The molecule has 2 aromatic carbocycles. The quantitative estimate of drug-likeness (QED) is 0.491. The number of nitrogens with one attached hydrogen (secondary N) is 1. The fourth-order valence-corrected chi connectivity index (χ4v) is 4.86. The minimum atomic E-state index is -0.466. The van der Waals surface area contributed by atoms with Crippen molar-refractivity contribution in [1.29, 1.82) is 0 Å². The van der Waals surface area contributed by atoms with Crippen molar-refractivity contribution >= 4 is 17.4 Å². The van der Waals surface area contributed by atoms with Crippen LogP contribution < -0.4 is 10.2 Å². The first kappa shape index (κ1) is 23.8. The second kappa shape index (κ2) is 10.3. The lowest BCUT2D eigenvalue weighted by Crippen LogP contribution is -2.36. The number of ether oxygens (including phenoxy) is 2. The van der Waals surface area contributed by atoms with Gasteiger partial charge in [0.25, 0.3) is 0 Å². The first-order chi connectivity index (χ1) is 16.4. The highest BCUT2D eigenvalue weighted by molar-refractivity contribution is 6.04. The molecule has 0 spiro atoms. The van der Waals surface area contributed by atoms with E-state index in [-0.39, 0.29) is 18.3 Å². The summed E-state index contributed by atoms with van der Waals surface area (Å²) >= 11 is 0. The van der Waals surface area contributed by atoms with Crippen LogP contribution in [0.1, 0.15) is 42.7 Å². The maximum Gasteiger partial charge on any atom is 0.336 e. The number of benzene rings is 2. The molecule has 2 atom stereocenters. The predicted molar refractivity (Wildman–Crippen MR) is 133 cm³/mol. The minimum Gasteiger partial charge on any atom is -0.460 e. The molecule has 0 radical (unpaired) electrons. The molecule has 6 heteroatoms. The van der Waals surface area contributed by atoms with Crippen molar-refractivity contribution in [3.8, 4) is 0 Å². The summed E-state index contributed by atoms with van der Waals surface area (Å²) in [5.74, 6) is -0.710. The molecule has 178 valence electrons. The third kappa shape index (κ3) is 4.77. The molecule has 2 aliphatic rings. The highest BCUT2D eigenvalue weighted by Crippen LogP contribution is 2.45. The van der Waals surface area contributed by atoms with Crippen molar-refractivity contribution < 1.29 is 19.1 Å². The Morgan fingerprint density at radius 1 is 1.00 bits per heavy atom. The van der Waals surface area contributed by atoms with Gasteiger partial charge in [0.2, 0.25) is 0 Å². The number of carbonyl (C=O) groups excluding carboxylic acids is 2. The van der Waals surface area contributed by atoms with Gasteiger partial charge >= 0.3 is 5.97 Å². The lowest BCUT2D eigenvalue weighted by Gasteiger charge is -2.36. The van der Waals surface area contributed by atoms with Gasteiger partial charge in [0.05, 0.1) is 12.2 Å². The first-order valence-electron chi connectivity index (χ1n) is 11.6. The number of rotatable bonds is 7. The molecule has 2 aromatic rings. The van der Waals surface area contributed by atoms with Gasteiger partial charge in [0, 0.05) is 56.2 Å². The zero-order chi connectivity index (χ0) is 24.2. The van der Waals surface area contributed by atoms with Gasteiger partial charge in [0.15, 0.2) is 5.78 Å². The summed E-state index contributed by atoms with van der Waals surface area (Å²) in [6.07, 6.45) is 1.14. The van der Waals surface area contributed by atoms with Gasteiger partial charge in [-0.1, -0.05) is 42.5 Å². The summed E-state index contributed by atoms with van der Waals surface area (Å²) in [5, 5.41) is 3.40. The van der Waals surface area contributed by atoms with Crippen LogP contribution >= 0.6 is 0 Å². The number of anilines is 1. The summed E-state index contributed by atoms with van der Waals surface area (Å²) in [5.41, 5.74) is 5.90. The summed E-state index contributed by atoms with van der Waals surface area (Å²) in [6.45, 7) is 2.36. The SMILES string of the molecule is COCCOC(=O)C1=C(C)NC2=C(C(=O)C[C@@H](c3ccccc3)C2)[C@@H]1c1ccc(N(C)C)cc1. The molecule has 4 rings (SSSR count). The molecule has 1 N–H and O–H groups in total. The molecule has 0 aromatic heterocycles.